The quantitative estimate of drug-likeness (QED) is 0.640. The molecule has 0 radical (unpaired) electrons. The van der Waals surface area contributed by atoms with Gasteiger partial charge in [-0.2, -0.15) is 0 Å². The lowest BCUT2D eigenvalue weighted by Crippen LogP contribution is -2.33. The Balaban J connectivity index is 1.99. The van der Waals surface area contributed by atoms with E-state index in [2.05, 4.69) is 52.4 Å². The molecule has 0 saturated heterocycles. The molecule has 4 heteroatoms. The second kappa shape index (κ2) is 8.84. The molecule has 2 aromatic carbocycles. The molecule has 112 valence electrons. The lowest BCUT2D eigenvalue weighted by atomic mass is 10.1. The van der Waals surface area contributed by atoms with Gasteiger partial charge in [-0.05, 0) is 36.7 Å². The molecule has 0 aliphatic heterocycles. The van der Waals surface area contributed by atoms with E-state index in [9.17, 15) is 0 Å². The molecule has 2 rings (SSSR count). The highest BCUT2D eigenvalue weighted by atomic mass is 79.9. The fraction of sp³-hybridized carbons (Fsp3) is 0.294. The van der Waals surface area contributed by atoms with Crippen molar-refractivity contribution in [2.45, 2.75) is 24.3 Å². The van der Waals surface area contributed by atoms with Crippen molar-refractivity contribution in [1.82, 2.24) is 5.32 Å². The molecule has 1 atom stereocenters. The Kier molecular flexibility index (Phi) is 7.11. The van der Waals surface area contributed by atoms with Crippen LogP contribution in [0.5, 0.6) is 0 Å². The summed E-state index contributed by atoms with van der Waals surface area (Å²) >= 11 is 11.7. The minimum absolute atomic E-state index is 0.426. The van der Waals surface area contributed by atoms with Gasteiger partial charge in [0, 0.05) is 21.2 Å². The van der Waals surface area contributed by atoms with Crippen LogP contribution in [0.2, 0.25) is 5.02 Å². The Morgan fingerprint density at radius 3 is 2.57 bits per heavy atom. The average Bonchev–Trinajstić information content (AvgIpc) is 2.48. The monoisotopic (exact) mass is 383 g/mol. The summed E-state index contributed by atoms with van der Waals surface area (Å²) in [6, 6.07) is 16.9. The second-order valence-electron chi connectivity index (χ2n) is 4.79. The number of nitrogens with one attached hydrogen (secondary N) is 1. The predicted octanol–water partition coefficient (Wildman–Crippen LogP) is 5.42. The third-order valence-corrected chi connectivity index (χ3v) is 5.64. The highest BCUT2D eigenvalue weighted by Crippen LogP contribution is 2.28. The first-order valence-electron chi connectivity index (χ1n) is 7.04. The molecule has 1 N–H and O–H groups in total. The molecule has 0 aliphatic rings. The number of thioether (sulfide) groups is 1. The zero-order valence-electron chi connectivity index (χ0n) is 12.0. The van der Waals surface area contributed by atoms with Crippen LogP contribution in [0.15, 0.2) is 57.9 Å². The SMILES string of the molecule is CCNC(CSc1ccccc1Cl)Cc1ccccc1Br. The van der Waals surface area contributed by atoms with Crippen LogP contribution in [-0.4, -0.2) is 18.3 Å². The Labute approximate surface area is 144 Å². The third-order valence-electron chi connectivity index (χ3n) is 3.19. The van der Waals surface area contributed by atoms with Crippen LogP contribution in [-0.2, 0) is 6.42 Å². The molecule has 2 aromatic rings. The van der Waals surface area contributed by atoms with Crippen molar-refractivity contribution >= 4 is 39.3 Å². The largest absolute Gasteiger partial charge is 0.313 e. The van der Waals surface area contributed by atoms with Crippen molar-refractivity contribution < 1.29 is 0 Å². The second-order valence-corrected chi connectivity index (χ2v) is 7.11. The van der Waals surface area contributed by atoms with Gasteiger partial charge in [0.2, 0.25) is 0 Å². The summed E-state index contributed by atoms with van der Waals surface area (Å²) in [5, 5.41) is 4.40. The van der Waals surface area contributed by atoms with Gasteiger partial charge < -0.3 is 5.32 Å². The van der Waals surface area contributed by atoms with Crippen molar-refractivity contribution in [3.8, 4) is 0 Å². The molecule has 0 amide bonds. The normalized spacial score (nSPS) is 12.3. The van der Waals surface area contributed by atoms with Gasteiger partial charge in [-0.25, -0.2) is 0 Å². The number of likely N-dealkylation sites (N-methyl/N-ethyl adjacent to an activating group) is 1. The predicted molar refractivity (Wildman–Crippen MR) is 97.5 cm³/mol. The average molecular weight is 385 g/mol. The molecule has 1 nitrogen and oxygen atoms in total. The van der Waals surface area contributed by atoms with Gasteiger partial charge in [0.15, 0.2) is 0 Å². The summed E-state index contributed by atoms with van der Waals surface area (Å²) in [5.74, 6) is 0.999. The Morgan fingerprint density at radius 1 is 1.14 bits per heavy atom. The topological polar surface area (TPSA) is 12.0 Å². The zero-order valence-corrected chi connectivity index (χ0v) is 15.1. The van der Waals surface area contributed by atoms with Gasteiger partial charge in [0.05, 0.1) is 5.02 Å². The summed E-state index contributed by atoms with van der Waals surface area (Å²) < 4.78 is 1.18. The van der Waals surface area contributed by atoms with Crippen LogP contribution in [0.3, 0.4) is 0 Å². The lowest BCUT2D eigenvalue weighted by Gasteiger charge is -2.18. The van der Waals surface area contributed by atoms with E-state index in [1.165, 1.54) is 10.0 Å². The van der Waals surface area contributed by atoms with E-state index in [1.807, 2.05) is 36.0 Å². The summed E-state index contributed by atoms with van der Waals surface area (Å²) in [6.45, 7) is 3.12. The van der Waals surface area contributed by atoms with Gasteiger partial charge in [-0.15, -0.1) is 11.8 Å². The number of rotatable bonds is 7. The molecular weight excluding hydrogens is 366 g/mol. The van der Waals surface area contributed by atoms with E-state index in [0.717, 1.165) is 28.6 Å². The lowest BCUT2D eigenvalue weighted by molar-refractivity contribution is 0.572. The van der Waals surface area contributed by atoms with E-state index in [-0.39, 0.29) is 0 Å². The highest BCUT2D eigenvalue weighted by Gasteiger charge is 2.12. The van der Waals surface area contributed by atoms with Crippen molar-refractivity contribution in [2.24, 2.45) is 0 Å². The Morgan fingerprint density at radius 2 is 1.86 bits per heavy atom. The smallest absolute Gasteiger partial charge is 0.0541 e. The number of halogens is 2. The molecule has 0 bridgehead atoms. The van der Waals surface area contributed by atoms with Gasteiger partial charge in [0.25, 0.3) is 0 Å². The Bertz CT molecular complexity index is 576. The first-order chi connectivity index (χ1) is 10.2. The van der Waals surface area contributed by atoms with Crippen LogP contribution in [0.4, 0.5) is 0 Å². The van der Waals surface area contributed by atoms with E-state index >= 15 is 0 Å². The van der Waals surface area contributed by atoms with E-state index in [4.69, 9.17) is 11.6 Å². The van der Waals surface area contributed by atoms with Crippen LogP contribution in [0.1, 0.15) is 12.5 Å². The van der Waals surface area contributed by atoms with Crippen molar-refractivity contribution in [1.29, 1.82) is 0 Å². The van der Waals surface area contributed by atoms with Crippen molar-refractivity contribution in [3.05, 3.63) is 63.6 Å². The van der Waals surface area contributed by atoms with Crippen LogP contribution < -0.4 is 5.32 Å². The van der Waals surface area contributed by atoms with Crippen molar-refractivity contribution in [2.75, 3.05) is 12.3 Å². The van der Waals surface area contributed by atoms with Crippen molar-refractivity contribution in [3.63, 3.8) is 0 Å². The molecule has 0 aliphatic carbocycles. The summed E-state index contributed by atoms with van der Waals surface area (Å²) in [5.41, 5.74) is 1.34. The third kappa shape index (κ3) is 5.33. The standard InChI is InChI=1S/C17H19BrClNS/c1-2-20-14(11-13-7-3-4-8-15(13)18)12-21-17-10-6-5-9-16(17)19/h3-10,14,20H,2,11-12H2,1H3. The molecule has 0 aromatic heterocycles. The number of hydrogen-bond donors (Lipinski definition) is 1. The van der Waals surface area contributed by atoms with Gasteiger partial charge in [0.1, 0.15) is 0 Å². The first kappa shape index (κ1) is 16.9. The number of hydrogen-bond acceptors (Lipinski definition) is 2. The van der Waals surface area contributed by atoms with E-state index in [0.29, 0.717) is 6.04 Å². The minimum atomic E-state index is 0.426. The minimum Gasteiger partial charge on any atom is -0.313 e. The fourth-order valence-electron chi connectivity index (χ4n) is 2.16. The summed E-state index contributed by atoms with van der Waals surface area (Å²) in [6.07, 6.45) is 1.01. The van der Waals surface area contributed by atoms with Crippen LogP contribution >= 0.6 is 39.3 Å². The van der Waals surface area contributed by atoms with E-state index in [1.54, 1.807) is 0 Å². The molecule has 0 fully saturated rings. The zero-order chi connectivity index (χ0) is 15.1. The molecule has 0 spiro atoms. The molecular formula is C17H19BrClNS. The van der Waals surface area contributed by atoms with Crippen LogP contribution in [0.25, 0.3) is 0 Å². The van der Waals surface area contributed by atoms with E-state index < -0.39 is 0 Å². The maximum atomic E-state index is 6.22. The summed E-state index contributed by atoms with van der Waals surface area (Å²) in [4.78, 5) is 1.15. The van der Waals surface area contributed by atoms with Crippen LogP contribution in [0, 0.1) is 0 Å². The molecule has 21 heavy (non-hydrogen) atoms. The fourth-order valence-corrected chi connectivity index (χ4v) is 3.90. The Hall–Kier alpha value is -0.480. The van der Waals surface area contributed by atoms with Gasteiger partial charge >= 0.3 is 0 Å². The number of benzene rings is 2. The summed E-state index contributed by atoms with van der Waals surface area (Å²) in [7, 11) is 0. The molecule has 0 heterocycles. The molecule has 0 saturated carbocycles. The highest BCUT2D eigenvalue weighted by molar-refractivity contribution is 9.10. The maximum absolute atomic E-state index is 6.22. The van der Waals surface area contributed by atoms with Gasteiger partial charge in [-0.1, -0.05) is 64.8 Å². The molecule has 1 unspecified atom stereocenters. The maximum Gasteiger partial charge on any atom is 0.0541 e. The first-order valence-corrected chi connectivity index (χ1v) is 9.20. The van der Waals surface area contributed by atoms with Gasteiger partial charge in [-0.3, -0.25) is 0 Å².